The normalized spacial score (nSPS) is 55.4. The Labute approximate surface area is 69.0 Å². The number of hydrogen-bond donors (Lipinski definition) is 0. The first-order valence-corrected chi connectivity index (χ1v) is 12.0. The summed E-state index contributed by atoms with van der Waals surface area (Å²) in [6.07, 6.45) is 1.59. The minimum absolute atomic E-state index is 0.666. The second-order valence-corrected chi connectivity index (χ2v) is 19.9. The van der Waals surface area contributed by atoms with Gasteiger partial charge in [-0.1, -0.05) is 0 Å². The summed E-state index contributed by atoms with van der Waals surface area (Å²) in [4.78, 5) is 0. The summed E-state index contributed by atoms with van der Waals surface area (Å²) in [5.74, 6) is 0. The average molecular weight is 274 g/mol. The Balaban J connectivity index is 2.01. The molecule has 2 saturated heterocycles. The SMILES string of the molecule is CC[Se]12CCC[Se]C1S2. The minimum atomic E-state index is -0.666. The first kappa shape index (κ1) is 7.06. The standard InChI is InChI=1S/C6H12SSe2/c1-2-9-5-3-4-8-6(9)7-9/h6H,2-5H2,1H3. The van der Waals surface area contributed by atoms with Gasteiger partial charge >= 0.3 is 69.2 Å². The summed E-state index contributed by atoms with van der Waals surface area (Å²) >= 11 is 0.416. The molecule has 0 N–H and O–H groups in total. The van der Waals surface area contributed by atoms with Crippen molar-refractivity contribution in [2.75, 3.05) is 0 Å². The Bertz CT molecular complexity index is 128. The molecule has 0 aromatic heterocycles. The molecule has 0 aromatic rings. The zero-order chi connectivity index (χ0) is 6.32. The second kappa shape index (κ2) is 2.46. The Kier molecular flexibility index (Phi) is 1.93. The Morgan fingerprint density at radius 1 is 1.78 bits per heavy atom. The van der Waals surface area contributed by atoms with Gasteiger partial charge in [-0.25, -0.2) is 0 Å². The Morgan fingerprint density at radius 3 is 3.22 bits per heavy atom. The van der Waals surface area contributed by atoms with Crippen LogP contribution in [0.5, 0.6) is 0 Å². The van der Waals surface area contributed by atoms with E-state index in [0.29, 0.717) is 0 Å². The fourth-order valence-electron chi connectivity index (χ4n) is 1.26. The van der Waals surface area contributed by atoms with Gasteiger partial charge in [0.1, 0.15) is 0 Å². The summed E-state index contributed by atoms with van der Waals surface area (Å²) < 4.78 is 1.30. The quantitative estimate of drug-likeness (QED) is 0.521. The first-order valence-electron chi connectivity index (χ1n) is 3.45. The van der Waals surface area contributed by atoms with Gasteiger partial charge in [-0.15, -0.1) is 0 Å². The van der Waals surface area contributed by atoms with E-state index in [2.05, 4.69) is 17.1 Å². The van der Waals surface area contributed by atoms with E-state index in [1.54, 1.807) is 22.4 Å². The maximum atomic E-state index is 2.43. The van der Waals surface area contributed by atoms with Crippen LogP contribution in [-0.2, 0) is 0 Å². The molecule has 2 aliphatic heterocycles. The van der Waals surface area contributed by atoms with Crippen LogP contribution in [0.25, 0.3) is 0 Å². The average Bonchev–Trinajstić information content (AvgIpc) is 2.62. The molecule has 2 heterocycles. The van der Waals surface area contributed by atoms with E-state index < -0.39 is 11.7 Å². The summed E-state index contributed by atoms with van der Waals surface area (Å²) in [6, 6.07) is 0. The molecule has 2 aliphatic rings. The van der Waals surface area contributed by atoms with Crippen molar-refractivity contribution in [1.82, 2.24) is 0 Å². The van der Waals surface area contributed by atoms with E-state index in [1.165, 1.54) is 3.05 Å². The van der Waals surface area contributed by atoms with Gasteiger partial charge in [0, 0.05) is 0 Å². The molecule has 0 saturated carbocycles. The fraction of sp³-hybridized carbons (Fsp3) is 1.00. The van der Waals surface area contributed by atoms with Crippen LogP contribution in [-0.4, -0.2) is 29.7 Å². The molecule has 2 fully saturated rings. The van der Waals surface area contributed by atoms with Crippen molar-refractivity contribution < 1.29 is 0 Å². The number of fused-ring (bicyclic) bond motifs is 1. The number of rotatable bonds is 1. The molecular weight excluding hydrogens is 262 g/mol. The van der Waals surface area contributed by atoms with E-state index in [0.717, 1.165) is 15.0 Å². The third-order valence-electron chi connectivity index (χ3n) is 1.96. The zero-order valence-corrected chi connectivity index (χ0v) is 9.87. The van der Waals surface area contributed by atoms with Crippen LogP contribution in [0.4, 0.5) is 0 Å². The topological polar surface area (TPSA) is 0 Å². The van der Waals surface area contributed by atoms with Crippen molar-refractivity contribution in [2.45, 2.75) is 32.3 Å². The summed E-state index contributed by atoms with van der Waals surface area (Å²) in [6.45, 7) is 2.42. The predicted molar refractivity (Wildman–Crippen MR) is 47.6 cm³/mol. The predicted octanol–water partition coefficient (Wildman–Crippen LogP) is 2.09. The van der Waals surface area contributed by atoms with Crippen LogP contribution in [0.1, 0.15) is 13.3 Å². The summed E-state index contributed by atoms with van der Waals surface area (Å²) in [7, 11) is 2.43. The van der Waals surface area contributed by atoms with E-state index in [4.69, 9.17) is 0 Å². The summed E-state index contributed by atoms with van der Waals surface area (Å²) in [5, 5.41) is 4.88. The molecule has 0 spiro atoms. The molecule has 9 heavy (non-hydrogen) atoms. The van der Waals surface area contributed by atoms with Gasteiger partial charge in [0.15, 0.2) is 0 Å². The second-order valence-electron chi connectivity index (χ2n) is 2.47. The van der Waals surface area contributed by atoms with Gasteiger partial charge in [0.2, 0.25) is 0 Å². The van der Waals surface area contributed by atoms with Crippen LogP contribution in [0.3, 0.4) is 0 Å². The molecule has 0 aromatic carbocycles. The van der Waals surface area contributed by atoms with Crippen LogP contribution >= 0.6 is 10.2 Å². The molecule has 2 rings (SSSR count). The summed E-state index contributed by atoms with van der Waals surface area (Å²) in [5.41, 5.74) is 0. The molecule has 54 valence electrons. The van der Waals surface area contributed by atoms with Crippen molar-refractivity contribution in [3.05, 3.63) is 0 Å². The van der Waals surface area contributed by atoms with Crippen molar-refractivity contribution in [1.29, 1.82) is 0 Å². The molecule has 0 nitrogen and oxygen atoms in total. The third kappa shape index (κ3) is 1.12. The molecule has 2 unspecified atom stereocenters. The van der Waals surface area contributed by atoms with E-state index >= 15 is 0 Å². The van der Waals surface area contributed by atoms with Crippen molar-refractivity contribution >= 4 is 36.9 Å². The molecule has 0 aliphatic carbocycles. The van der Waals surface area contributed by atoms with E-state index in [9.17, 15) is 0 Å². The van der Waals surface area contributed by atoms with Crippen LogP contribution < -0.4 is 0 Å². The number of hydrogen-bond acceptors (Lipinski definition) is 1. The Hall–Kier alpha value is 1.39. The molecular formula is C6H12SSe2. The van der Waals surface area contributed by atoms with Gasteiger partial charge in [-0.05, 0) is 0 Å². The van der Waals surface area contributed by atoms with Gasteiger partial charge < -0.3 is 0 Å². The molecule has 3 heteroatoms. The van der Waals surface area contributed by atoms with E-state index in [1.807, 2.05) is 0 Å². The van der Waals surface area contributed by atoms with E-state index in [-0.39, 0.29) is 0 Å². The fourth-order valence-corrected chi connectivity index (χ4v) is 31.4. The molecule has 0 bridgehead atoms. The molecule has 0 radical (unpaired) electrons. The zero-order valence-electron chi connectivity index (χ0n) is 5.63. The van der Waals surface area contributed by atoms with Gasteiger partial charge in [-0.2, -0.15) is 0 Å². The van der Waals surface area contributed by atoms with Crippen LogP contribution in [0, 0.1) is 0 Å². The Morgan fingerprint density at radius 2 is 2.67 bits per heavy atom. The van der Waals surface area contributed by atoms with Gasteiger partial charge in [-0.3, -0.25) is 0 Å². The van der Waals surface area contributed by atoms with Gasteiger partial charge in [0.05, 0.1) is 0 Å². The van der Waals surface area contributed by atoms with Crippen LogP contribution in [0.15, 0.2) is 0 Å². The van der Waals surface area contributed by atoms with Gasteiger partial charge in [0.25, 0.3) is 0 Å². The van der Waals surface area contributed by atoms with Crippen molar-refractivity contribution in [2.24, 2.45) is 0 Å². The molecule has 2 atom stereocenters. The monoisotopic (exact) mass is 276 g/mol. The maximum absolute atomic E-state index is 2.43. The first-order chi connectivity index (χ1) is 4.37. The van der Waals surface area contributed by atoms with Crippen LogP contribution in [0.2, 0.25) is 16.0 Å². The molecule has 0 amide bonds. The third-order valence-corrected chi connectivity index (χ3v) is 27.2. The van der Waals surface area contributed by atoms with Crippen molar-refractivity contribution in [3.8, 4) is 0 Å². The van der Waals surface area contributed by atoms with Crippen molar-refractivity contribution in [3.63, 3.8) is 0 Å².